The van der Waals surface area contributed by atoms with Crippen molar-refractivity contribution in [2.45, 2.75) is 162 Å². The first-order chi connectivity index (χ1) is 18.0. The molecule has 0 saturated carbocycles. The topological polar surface area (TPSA) is 71.1 Å². The van der Waals surface area contributed by atoms with Gasteiger partial charge >= 0.3 is 11.9 Å². The molecule has 0 aromatic rings. The Bertz CT molecular complexity index is 510. The molecule has 2 atom stereocenters. The molecule has 0 heterocycles. The van der Waals surface area contributed by atoms with E-state index in [0.29, 0.717) is 26.2 Å². The van der Waals surface area contributed by atoms with Crippen molar-refractivity contribution in [3.8, 4) is 0 Å². The first-order valence-electron chi connectivity index (χ1n) is 15.6. The van der Waals surface area contributed by atoms with Gasteiger partial charge in [-0.2, -0.15) is 0 Å². The predicted molar refractivity (Wildman–Crippen MR) is 152 cm³/mol. The molecule has 0 aromatic carbocycles. The van der Waals surface area contributed by atoms with E-state index in [1.807, 2.05) is 6.92 Å². The molecule has 0 N–H and O–H groups in total. The van der Waals surface area contributed by atoms with Crippen LogP contribution in [-0.4, -0.2) is 50.6 Å². The molecule has 37 heavy (non-hydrogen) atoms. The minimum absolute atomic E-state index is 0.0672. The molecule has 0 aliphatic rings. The van der Waals surface area contributed by atoms with Gasteiger partial charge in [-0.3, -0.25) is 9.59 Å². The molecule has 2 unspecified atom stereocenters. The second-order valence-electron chi connectivity index (χ2n) is 10.4. The highest BCUT2D eigenvalue weighted by Gasteiger charge is 2.18. The highest BCUT2D eigenvalue weighted by atomic mass is 16.6. The van der Waals surface area contributed by atoms with Crippen LogP contribution in [0.1, 0.15) is 150 Å². The van der Waals surface area contributed by atoms with E-state index in [9.17, 15) is 9.59 Å². The summed E-state index contributed by atoms with van der Waals surface area (Å²) in [5, 5.41) is 0. The fourth-order valence-electron chi connectivity index (χ4n) is 4.26. The molecule has 0 aromatic heterocycles. The lowest BCUT2D eigenvalue weighted by Crippen LogP contribution is -2.29. The lowest BCUT2D eigenvalue weighted by molar-refractivity contribution is -0.157. The van der Waals surface area contributed by atoms with Gasteiger partial charge in [0.15, 0.2) is 0 Å². The summed E-state index contributed by atoms with van der Waals surface area (Å²) in [5.74, 6) is -0.757. The van der Waals surface area contributed by atoms with Crippen LogP contribution in [0.15, 0.2) is 0 Å². The zero-order valence-corrected chi connectivity index (χ0v) is 24.9. The van der Waals surface area contributed by atoms with Crippen LogP contribution in [0.2, 0.25) is 0 Å². The number of unbranched alkanes of at least 4 members (excludes halogenated alkanes) is 15. The van der Waals surface area contributed by atoms with Crippen LogP contribution in [-0.2, 0) is 28.5 Å². The summed E-state index contributed by atoms with van der Waals surface area (Å²) in [5.41, 5.74) is 0. The van der Waals surface area contributed by atoms with Crippen LogP contribution in [0.3, 0.4) is 0 Å². The maximum atomic E-state index is 12.2. The number of carbonyl (C=O) groups is 2. The average Bonchev–Trinajstić information content (AvgIpc) is 2.88. The monoisotopic (exact) mass is 528 g/mol. The zero-order chi connectivity index (χ0) is 27.4. The van der Waals surface area contributed by atoms with Crippen molar-refractivity contribution in [1.29, 1.82) is 0 Å². The molecular formula is C31H60O6. The van der Waals surface area contributed by atoms with Crippen LogP contribution in [0.25, 0.3) is 0 Å². The normalized spacial score (nSPS) is 12.9. The predicted octanol–water partition coefficient (Wildman–Crippen LogP) is 8.33. The summed E-state index contributed by atoms with van der Waals surface area (Å²) in [7, 11) is 0. The van der Waals surface area contributed by atoms with E-state index in [1.54, 1.807) is 0 Å². The van der Waals surface area contributed by atoms with Gasteiger partial charge in [0.05, 0.1) is 13.0 Å². The smallest absolute Gasteiger partial charge is 0.309 e. The molecule has 220 valence electrons. The van der Waals surface area contributed by atoms with Crippen LogP contribution in [0, 0.1) is 0 Å². The van der Waals surface area contributed by atoms with E-state index in [1.165, 1.54) is 96.8 Å². The molecule has 0 fully saturated rings. The first-order valence-corrected chi connectivity index (χ1v) is 15.6. The molecule has 0 bridgehead atoms. The Balaban J connectivity index is 3.78. The highest BCUT2D eigenvalue weighted by Crippen LogP contribution is 2.13. The zero-order valence-electron chi connectivity index (χ0n) is 24.9. The Labute approximate surface area is 228 Å². The molecule has 0 amide bonds. The standard InChI is InChI=1S/C31H60O6/c1-5-8-10-11-12-13-14-15-16-17-18-19-20-21-22-23-34-26-30(35-24-9-6-2)27-36-31(33)25-29(7-3)37-28(4)32/h29-30H,5-27H2,1-4H3. The van der Waals surface area contributed by atoms with Gasteiger partial charge in [-0.15, -0.1) is 0 Å². The summed E-state index contributed by atoms with van der Waals surface area (Å²) in [6, 6.07) is 0. The fraction of sp³-hybridized carbons (Fsp3) is 0.935. The van der Waals surface area contributed by atoms with Crippen molar-refractivity contribution in [3.05, 3.63) is 0 Å². The van der Waals surface area contributed by atoms with E-state index < -0.39 is 6.10 Å². The SMILES string of the molecule is CCCCCCCCCCCCCCCCCOCC(COC(=O)CC(CC)OC(C)=O)OCCCC. The lowest BCUT2D eigenvalue weighted by atomic mass is 10.0. The number of rotatable bonds is 28. The van der Waals surface area contributed by atoms with Crippen molar-refractivity contribution >= 4 is 11.9 Å². The highest BCUT2D eigenvalue weighted by molar-refractivity contribution is 5.71. The summed E-state index contributed by atoms with van der Waals surface area (Å²) in [4.78, 5) is 23.3. The van der Waals surface area contributed by atoms with E-state index in [-0.39, 0.29) is 31.1 Å². The van der Waals surface area contributed by atoms with Crippen LogP contribution < -0.4 is 0 Å². The molecule has 0 aliphatic heterocycles. The minimum Gasteiger partial charge on any atom is -0.463 e. The third kappa shape index (κ3) is 26.3. The van der Waals surface area contributed by atoms with Crippen molar-refractivity contribution in [2.24, 2.45) is 0 Å². The second kappa shape index (κ2) is 27.9. The second-order valence-corrected chi connectivity index (χ2v) is 10.4. The summed E-state index contributed by atoms with van der Waals surface area (Å²) < 4.78 is 22.2. The number of ether oxygens (including phenoxy) is 4. The summed E-state index contributed by atoms with van der Waals surface area (Å²) in [6.07, 6.45) is 22.2. The maximum Gasteiger partial charge on any atom is 0.309 e. The summed E-state index contributed by atoms with van der Waals surface area (Å²) >= 11 is 0. The third-order valence-electron chi connectivity index (χ3n) is 6.66. The Morgan fingerprint density at radius 3 is 1.59 bits per heavy atom. The number of hydrogen-bond acceptors (Lipinski definition) is 6. The van der Waals surface area contributed by atoms with Gasteiger partial charge in [0.1, 0.15) is 18.8 Å². The number of carbonyl (C=O) groups excluding carboxylic acids is 2. The fourth-order valence-corrected chi connectivity index (χ4v) is 4.26. The van der Waals surface area contributed by atoms with Crippen molar-refractivity contribution in [3.63, 3.8) is 0 Å². The minimum atomic E-state index is -0.439. The van der Waals surface area contributed by atoms with Gasteiger partial charge in [0.2, 0.25) is 0 Å². The quantitative estimate of drug-likeness (QED) is 0.0751. The Hall–Kier alpha value is -1.14. The van der Waals surface area contributed by atoms with Crippen LogP contribution in [0.5, 0.6) is 0 Å². The Kier molecular flexibility index (Phi) is 27.0. The van der Waals surface area contributed by atoms with Crippen molar-refractivity contribution in [1.82, 2.24) is 0 Å². The number of esters is 2. The largest absolute Gasteiger partial charge is 0.463 e. The summed E-state index contributed by atoms with van der Waals surface area (Å²) in [6.45, 7) is 9.56. The average molecular weight is 529 g/mol. The molecule has 6 heteroatoms. The van der Waals surface area contributed by atoms with E-state index in [2.05, 4.69) is 13.8 Å². The molecule has 6 nitrogen and oxygen atoms in total. The van der Waals surface area contributed by atoms with Gasteiger partial charge in [-0.1, -0.05) is 117 Å². The molecular weight excluding hydrogens is 468 g/mol. The van der Waals surface area contributed by atoms with Gasteiger partial charge in [-0.05, 0) is 19.3 Å². The van der Waals surface area contributed by atoms with Gasteiger partial charge in [0, 0.05) is 20.1 Å². The molecule has 0 aliphatic carbocycles. The molecule has 0 radical (unpaired) electrons. The maximum absolute atomic E-state index is 12.2. The van der Waals surface area contributed by atoms with E-state index in [4.69, 9.17) is 18.9 Å². The molecule has 0 rings (SSSR count). The van der Waals surface area contributed by atoms with Crippen molar-refractivity contribution in [2.75, 3.05) is 26.4 Å². The number of hydrogen-bond donors (Lipinski definition) is 0. The lowest BCUT2D eigenvalue weighted by Gasteiger charge is -2.19. The van der Waals surface area contributed by atoms with Gasteiger partial charge in [0.25, 0.3) is 0 Å². The molecule has 0 spiro atoms. The van der Waals surface area contributed by atoms with Crippen LogP contribution in [0.4, 0.5) is 0 Å². The Morgan fingerprint density at radius 1 is 0.595 bits per heavy atom. The van der Waals surface area contributed by atoms with Crippen molar-refractivity contribution < 1.29 is 28.5 Å². The third-order valence-corrected chi connectivity index (χ3v) is 6.66. The van der Waals surface area contributed by atoms with E-state index >= 15 is 0 Å². The Morgan fingerprint density at radius 2 is 1.11 bits per heavy atom. The molecule has 0 saturated heterocycles. The van der Waals surface area contributed by atoms with Gasteiger partial charge < -0.3 is 18.9 Å². The first kappa shape index (κ1) is 35.9. The van der Waals surface area contributed by atoms with Gasteiger partial charge in [-0.25, -0.2) is 0 Å². The van der Waals surface area contributed by atoms with Crippen LogP contribution >= 0.6 is 0 Å². The van der Waals surface area contributed by atoms with E-state index in [0.717, 1.165) is 19.3 Å².